The monoisotopic (exact) mass is 298 g/mol. The van der Waals surface area contributed by atoms with Crippen LogP contribution < -0.4 is 0 Å². The predicted octanol–water partition coefficient (Wildman–Crippen LogP) is 2.67. The number of ether oxygens (including phenoxy) is 3. The molecule has 1 N–H and O–H groups in total. The summed E-state index contributed by atoms with van der Waals surface area (Å²) in [6.45, 7) is 10.5. The number of rotatable bonds is 1. The Morgan fingerprint density at radius 2 is 1.67 bits per heavy atom. The SMILES string of the molecule is CC1(C)CC(O)(C2CCOC3(CCOCC3)C2)C(C)(C)O1. The van der Waals surface area contributed by atoms with Crippen molar-refractivity contribution in [2.45, 2.75) is 82.2 Å². The summed E-state index contributed by atoms with van der Waals surface area (Å²) in [4.78, 5) is 0. The number of hydrogen-bond acceptors (Lipinski definition) is 4. The van der Waals surface area contributed by atoms with E-state index in [1.165, 1.54) is 0 Å². The summed E-state index contributed by atoms with van der Waals surface area (Å²) in [5.41, 5.74) is -1.63. The molecule has 2 atom stereocenters. The van der Waals surface area contributed by atoms with Crippen LogP contribution in [0.3, 0.4) is 0 Å². The van der Waals surface area contributed by atoms with Crippen molar-refractivity contribution in [2.75, 3.05) is 19.8 Å². The highest BCUT2D eigenvalue weighted by atomic mass is 16.6. The van der Waals surface area contributed by atoms with Gasteiger partial charge in [0.25, 0.3) is 0 Å². The van der Waals surface area contributed by atoms with Crippen molar-refractivity contribution in [3.8, 4) is 0 Å². The minimum absolute atomic E-state index is 0.0836. The van der Waals surface area contributed by atoms with Gasteiger partial charge in [-0.25, -0.2) is 0 Å². The summed E-state index contributed by atoms with van der Waals surface area (Å²) in [6.07, 6.45) is 4.44. The van der Waals surface area contributed by atoms with Gasteiger partial charge in [-0.3, -0.25) is 0 Å². The zero-order valence-electron chi connectivity index (χ0n) is 13.9. The average Bonchev–Trinajstić information content (AvgIpc) is 2.55. The van der Waals surface area contributed by atoms with Crippen molar-refractivity contribution >= 4 is 0 Å². The molecule has 0 aliphatic carbocycles. The van der Waals surface area contributed by atoms with E-state index in [1.807, 2.05) is 13.8 Å². The molecule has 0 radical (unpaired) electrons. The van der Waals surface area contributed by atoms with Crippen LogP contribution in [0.1, 0.15) is 59.8 Å². The maximum Gasteiger partial charge on any atom is 0.0987 e. The Kier molecular flexibility index (Phi) is 3.68. The minimum atomic E-state index is -0.772. The summed E-state index contributed by atoms with van der Waals surface area (Å²) < 4.78 is 17.8. The smallest absolute Gasteiger partial charge is 0.0987 e. The molecule has 3 heterocycles. The molecule has 3 aliphatic heterocycles. The lowest BCUT2D eigenvalue weighted by atomic mass is 9.66. The number of aliphatic hydroxyl groups is 1. The van der Waals surface area contributed by atoms with Gasteiger partial charge < -0.3 is 19.3 Å². The van der Waals surface area contributed by atoms with E-state index in [1.54, 1.807) is 0 Å². The van der Waals surface area contributed by atoms with Crippen molar-refractivity contribution in [1.29, 1.82) is 0 Å². The zero-order chi connectivity index (χ0) is 15.4. The maximum atomic E-state index is 11.5. The standard InChI is InChI=1S/C17H30O4/c1-14(2)12-17(18,15(3,4)21-14)13-5-8-20-16(11-13)6-9-19-10-7-16/h13,18H,5-12H2,1-4H3. The quantitative estimate of drug-likeness (QED) is 0.808. The maximum absolute atomic E-state index is 11.5. The molecule has 4 heteroatoms. The summed E-state index contributed by atoms with van der Waals surface area (Å²) in [6, 6.07) is 0. The molecular weight excluding hydrogens is 268 g/mol. The Balaban J connectivity index is 1.82. The van der Waals surface area contributed by atoms with E-state index in [0.717, 1.165) is 45.5 Å². The van der Waals surface area contributed by atoms with Crippen LogP contribution in [0.25, 0.3) is 0 Å². The van der Waals surface area contributed by atoms with Crippen LogP contribution >= 0.6 is 0 Å². The molecule has 3 aliphatic rings. The number of hydrogen-bond donors (Lipinski definition) is 1. The Hall–Kier alpha value is -0.160. The van der Waals surface area contributed by atoms with Gasteiger partial charge in [0, 0.05) is 26.2 Å². The van der Waals surface area contributed by atoms with Gasteiger partial charge in [0.15, 0.2) is 0 Å². The zero-order valence-corrected chi connectivity index (χ0v) is 13.9. The van der Waals surface area contributed by atoms with Crippen molar-refractivity contribution in [3.63, 3.8) is 0 Å². The summed E-state index contributed by atoms with van der Waals surface area (Å²) in [5.74, 6) is 0.237. The molecule has 0 bridgehead atoms. The van der Waals surface area contributed by atoms with Crippen LogP contribution in [0.5, 0.6) is 0 Å². The summed E-state index contributed by atoms with van der Waals surface area (Å²) in [7, 11) is 0. The lowest BCUT2D eigenvalue weighted by Crippen LogP contribution is -2.57. The fourth-order valence-corrected chi connectivity index (χ4v) is 4.84. The van der Waals surface area contributed by atoms with E-state index in [9.17, 15) is 5.11 Å². The van der Waals surface area contributed by atoms with Gasteiger partial charge in [-0.15, -0.1) is 0 Å². The van der Waals surface area contributed by atoms with Gasteiger partial charge in [-0.2, -0.15) is 0 Å². The molecule has 0 aromatic heterocycles. The third-order valence-corrected chi connectivity index (χ3v) is 5.84. The molecule has 3 saturated heterocycles. The first-order chi connectivity index (χ1) is 9.68. The molecular formula is C17H30O4. The Morgan fingerprint density at radius 3 is 2.24 bits per heavy atom. The van der Waals surface area contributed by atoms with Crippen molar-refractivity contribution in [2.24, 2.45) is 5.92 Å². The van der Waals surface area contributed by atoms with Crippen LogP contribution in [0, 0.1) is 5.92 Å². The predicted molar refractivity (Wildman–Crippen MR) is 80.3 cm³/mol. The van der Waals surface area contributed by atoms with E-state index < -0.39 is 11.2 Å². The Labute approximate surface area is 128 Å². The normalized spacial score (nSPS) is 41.3. The highest BCUT2D eigenvalue weighted by Crippen LogP contribution is 2.53. The molecule has 2 unspecified atom stereocenters. The highest BCUT2D eigenvalue weighted by Gasteiger charge is 2.61. The molecule has 4 nitrogen and oxygen atoms in total. The molecule has 0 amide bonds. The van der Waals surface area contributed by atoms with E-state index in [0.29, 0.717) is 6.42 Å². The molecule has 0 aromatic carbocycles. The second-order valence-corrected chi connectivity index (χ2v) is 8.31. The molecule has 122 valence electrons. The molecule has 3 fully saturated rings. The summed E-state index contributed by atoms with van der Waals surface area (Å²) >= 11 is 0. The van der Waals surface area contributed by atoms with Crippen LogP contribution in [-0.4, -0.2) is 47.3 Å². The summed E-state index contributed by atoms with van der Waals surface area (Å²) in [5, 5.41) is 11.5. The average molecular weight is 298 g/mol. The molecule has 0 aromatic rings. The molecule has 1 spiro atoms. The van der Waals surface area contributed by atoms with Crippen LogP contribution in [0.2, 0.25) is 0 Å². The first-order valence-electron chi connectivity index (χ1n) is 8.32. The fraction of sp³-hybridized carbons (Fsp3) is 1.00. The van der Waals surface area contributed by atoms with Crippen molar-refractivity contribution in [1.82, 2.24) is 0 Å². The fourth-order valence-electron chi connectivity index (χ4n) is 4.84. The van der Waals surface area contributed by atoms with Gasteiger partial charge in [0.05, 0.1) is 22.4 Å². The second-order valence-electron chi connectivity index (χ2n) is 8.31. The van der Waals surface area contributed by atoms with Crippen LogP contribution in [0.15, 0.2) is 0 Å². The molecule has 0 saturated carbocycles. The van der Waals surface area contributed by atoms with Crippen LogP contribution in [-0.2, 0) is 14.2 Å². The van der Waals surface area contributed by atoms with Gasteiger partial charge in [0.2, 0.25) is 0 Å². The van der Waals surface area contributed by atoms with Gasteiger partial charge in [-0.05, 0) is 59.3 Å². The van der Waals surface area contributed by atoms with Crippen molar-refractivity contribution < 1.29 is 19.3 Å². The molecule has 3 rings (SSSR count). The van der Waals surface area contributed by atoms with Gasteiger partial charge in [-0.1, -0.05) is 0 Å². The Morgan fingerprint density at radius 1 is 1.00 bits per heavy atom. The largest absolute Gasteiger partial charge is 0.386 e. The van der Waals surface area contributed by atoms with Gasteiger partial charge in [0.1, 0.15) is 0 Å². The van der Waals surface area contributed by atoms with Crippen molar-refractivity contribution in [3.05, 3.63) is 0 Å². The highest BCUT2D eigenvalue weighted by molar-refractivity contribution is 5.11. The minimum Gasteiger partial charge on any atom is -0.386 e. The van der Waals surface area contributed by atoms with E-state index in [2.05, 4.69) is 13.8 Å². The third-order valence-electron chi connectivity index (χ3n) is 5.84. The topological polar surface area (TPSA) is 47.9 Å². The Bertz CT molecular complexity index is 392. The van der Waals surface area contributed by atoms with Gasteiger partial charge >= 0.3 is 0 Å². The van der Waals surface area contributed by atoms with E-state index in [4.69, 9.17) is 14.2 Å². The molecule has 21 heavy (non-hydrogen) atoms. The first kappa shape index (κ1) is 15.7. The third kappa shape index (κ3) is 2.65. The second kappa shape index (κ2) is 4.92. The van der Waals surface area contributed by atoms with Crippen LogP contribution in [0.4, 0.5) is 0 Å². The first-order valence-corrected chi connectivity index (χ1v) is 8.32. The van der Waals surface area contributed by atoms with E-state index in [-0.39, 0.29) is 17.1 Å². The van der Waals surface area contributed by atoms with E-state index >= 15 is 0 Å². The lowest BCUT2D eigenvalue weighted by Gasteiger charge is -2.50. The lowest BCUT2D eigenvalue weighted by molar-refractivity contribution is -0.201.